The summed E-state index contributed by atoms with van der Waals surface area (Å²) in [6, 6.07) is 19.6. The Hall–Kier alpha value is -3.17. The molecule has 0 fully saturated rings. The van der Waals surface area contributed by atoms with Gasteiger partial charge in [0, 0.05) is 30.6 Å². The second-order valence-electron chi connectivity index (χ2n) is 8.16. The van der Waals surface area contributed by atoms with Crippen molar-refractivity contribution < 1.29 is 21.6 Å². The van der Waals surface area contributed by atoms with E-state index in [1.54, 1.807) is 60.4 Å². The van der Waals surface area contributed by atoms with Gasteiger partial charge < -0.3 is 4.90 Å². The molecule has 3 aromatic carbocycles. The molecule has 9 heteroatoms. The summed E-state index contributed by atoms with van der Waals surface area (Å²) in [4.78, 5) is 15.3. The summed E-state index contributed by atoms with van der Waals surface area (Å²) in [5.41, 5.74) is 2.24. The highest BCUT2D eigenvalue weighted by Crippen LogP contribution is 2.31. The molecule has 0 aliphatic carbocycles. The number of carbonyl (C=O) groups is 1. The average molecular weight is 499 g/mol. The van der Waals surface area contributed by atoms with Crippen molar-refractivity contribution in [2.75, 3.05) is 28.6 Å². The fraction of sp³-hybridized carbons (Fsp3) is 0.240. The molecule has 0 saturated heterocycles. The van der Waals surface area contributed by atoms with Crippen LogP contribution in [0.4, 0.5) is 11.4 Å². The lowest BCUT2D eigenvalue weighted by atomic mass is 10.0. The van der Waals surface area contributed by atoms with Gasteiger partial charge in [0.2, 0.25) is 0 Å². The predicted octanol–water partition coefficient (Wildman–Crippen LogP) is 3.90. The third-order valence-electron chi connectivity index (χ3n) is 5.84. The van der Waals surface area contributed by atoms with Crippen molar-refractivity contribution >= 4 is 37.1 Å². The van der Waals surface area contributed by atoms with E-state index in [4.69, 9.17) is 0 Å². The minimum atomic E-state index is -3.88. The predicted molar refractivity (Wildman–Crippen MR) is 133 cm³/mol. The van der Waals surface area contributed by atoms with E-state index < -0.39 is 19.9 Å². The number of sulfone groups is 1. The molecule has 1 aliphatic rings. The van der Waals surface area contributed by atoms with Crippen molar-refractivity contribution in [3.8, 4) is 0 Å². The number of fused-ring (bicyclic) bond motifs is 1. The lowest BCUT2D eigenvalue weighted by molar-refractivity contribution is 0.0985. The molecule has 4 rings (SSSR count). The van der Waals surface area contributed by atoms with E-state index in [0.29, 0.717) is 30.8 Å². The van der Waals surface area contributed by atoms with Gasteiger partial charge in [-0.05, 0) is 73.9 Å². The zero-order valence-corrected chi connectivity index (χ0v) is 20.6. The Kier molecular flexibility index (Phi) is 6.51. The van der Waals surface area contributed by atoms with Gasteiger partial charge in [-0.15, -0.1) is 0 Å². The lowest BCUT2D eigenvalue weighted by Gasteiger charge is -2.30. The van der Waals surface area contributed by atoms with Crippen LogP contribution in [0.25, 0.3) is 0 Å². The van der Waals surface area contributed by atoms with Crippen LogP contribution in [0.2, 0.25) is 0 Å². The molecule has 1 aliphatic heterocycles. The quantitative estimate of drug-likeness (QED) is 0.514. The second kappa shape index (κ2) is 9.23. The zero-order chi connectivity index (χ0) is 24.5. The summed E-state index contributed by atoms with van der Waals surface area (Å²) >= 11 is 0. The number of benzene rings is 3. The first-order valence-electron chi connectivity index (χ1n) is 11.0. The standard InChI is InChI=1S/C25H26N2O5S2/c1-3-27(21-11-5-4-6-12-21)34(31,32)23-13-7-9-20(18-23)25(28)26-16-8-10-19-17-22(33(2,29)30)14-15-24(19)26/h4-7,9,11-15,17-18H,3,8,10,16H2,1-2H3. The van der Waals surface area contributed by atoms with Crippen LogP contribution in [0.15, 0.2) is 82.6 Å². The number of rotatable bonds is 6. The van der Waals surface area contributed by atoms with Gasteiger partial charge in [0.25, 0.3) is 15.9 Å². The van der Waals surface area contributed by atoms with Gasteiger partial charge in [0.05, 0.1) is 15.5 Å². The SMILES string of the molecule is CCN(c1ccccc1)S(=O)(=O)c1cccc(C(=O)N2CCCc3cc(S(C)(=O)=O)ccc32)c1. The van der Waals surface area contributed by atoms with Gasteiger partial charge in [-0.1, -0.05) is 24.3 Å². The highest BCUT2D eigenvalue weighted by molar-refractivity contribution is 7.92. The minimum Gasteiger partial charge on any atom is -0.308 e. The number of nitrogens with zero attached hydrogens (tertiary/aromatic N) is 2. The first kappa shape index (κ1) is 24.0. The number of sulfonamides is 1. The van der Waals surface area contributed by atoms with Gasteiger partial charge in [-0.3, -0.25) is 9.10 Å². The fourth-order valence-electron chi connectivity index (χ4n) is 4.17. The molecule has 0 spiro atoms. The monoisotopic (exact) mass is 498 g/mol. The van der Waals surface area contributed by atoms with Gasteiger partial charge in [0.15, 0.2) is 9.84 Å². The molecule has 0 bridgehead atoms. The number of aryl methyl sites for hydroxylation is 1. The highest BCUT2D eigenvalue weighted by Gasteiger charge is 2.28. The van der Waals surface area contributed by atoms with E-state index in [1.807, 2.05) is 6.07 Å². The Labute approximate surface area is 200 Å². The fourth-order valence-corrected chi connectivity index (χ4v) is 6.36. The Morgan fingerprint density at radius 2 is 1.65 bits per heavy atom. The molecule has 0 atom stereocenters. The van der Waals surface area contributed by atoms with E-state index >= 15 is 0 Å². The number of hydrogen-bond donors (Lipinski definition) is 0. The highest BCUT2D eigenvalue weighted by atomic mass is 32.2. The van der Waals surface area contributed by atoms with Crippen LogP contribution in [0.1, 0.15) is 29.3 Å². The van der Waals surface area contributed by atoms with Crippen LogP contribution in [-0.2, 0) is 26.3 Å². The molecule has 0 radical (unpaired) electrons. The molecule has 0 aromatic heterocycles. The van der Waals surface area contributed by atoms with E-state index in [-0.39, 0.29) is 27.8 Å². The summed E-state index contributed by atoms with van der Waals surface area (Å²) < 4.78 is 51.9. The van der Waals surface area contributed by atoms with E-state index in [1.165, 1.54) is 22.5 Å². The molecule has 1 heterocycles. The minimum absolute atomic E-state index is 0.0358. The Morgan fingerprint density at radius 1 is 0.912 bits per heavy atom. The maximum absolute atomic E-state index is 13.4. The van der Waals surface area contributed by atoms with Crippen molar-refractivity contribution in [3.05, 3.63) is 83.9 Å². The molecular weight excluding hydrogens is 472 g/mol. The van der Waals surface area contributed by atoms with Crippen molar-refractivity contribution in [1.82, 2.24) is 0 Å². The average Bonchev–Trinajstić information content (AvgIpc) is 2.83. The molecular formula is C25H26N2O5S2. The summed E-state index contributed by atoms with van der Waals surface area (Å²) in [7, 11) is -7.23. The third kappa shape index (κ3) is 4.58. The van der Waals surface area contributed by atoms with Crippen LogP contribution in [0.3, 0.4) is 0 Å². The Bertz CT molecular complexity index is 1440. The molecule has 0 saturated carbocycles. The first-order valence-corrected chi connectivity index (χ1v) is 14.3. The van der Waals surface area contributed by atoms with Gasteiger partial charge in [-0.2, -0.15) is 0 Å². The molecule has 0 N–H and O–H groups in total. The van der Waals surface area contributed by atoms with Crippen molar-refractivity contribution in [2.45, 2.75) is 29.6 Å². The molecule has 0 unspecified atom stereocenters. The normalized spacial score (nSPS) is 13.9. The third-order valence-corrected chi connectivity index (χ3v) is 8.85. The van der Waals surface area contributed by atoms with Crippen LogP contribution in [0.5, 0.6) is 0 Å². The molecule has 178 valence electrons. The number of para-hydroxylation sites is 1. The lowest BCUT2D eigenvalue weighted by Crippen LogP contribution is -2.36. The van der Waals surface area contributed by atoms with Crippen molar-refractivity contribution in [1.29, 1.82) is 0 Å². The maximum atomic E-state index is 13.4. The number of amides is 1. The summed E-state index contributed by atoms with van der Waals surface area (Å²) in [5.74, 6) is -0.326. The van der Waals surface area contributed by atoms with E-state index in [0.717, 1.165) is 11.8 Å². The van der Waals surface area contributed by atoms with Crippen LogP contribution < -0.4 is 9.21 Å². The van der Waals surface area contributed by atoms with Crippen LogP contribution in [-0.4, -0.2) is 42.1 Å². The smallest absolute Gasteiger partial charge is 0.264 e. The number of carbonyl (C=O) groups excluding carboxylic acids is 1. The van der Waals surface area contributed by atoms with Crippen molar-refractivity contribution in [3.63, 3.8) is 0 Å². The van der Waals surface area contributed by atoms with Crippen LogP contribution >= 0.6 is 0 Å². The molecule has 34 heavy (non-hydrogen) atoms. The topological polar surface area (TPSA) is 91.8 Å². The zero-order valence-electron chi connectivity index (χ0n) is 19.0. The summed E-state index contributed by atoms with van der Waals surface area (Å²) in [6.45, 7) is 2.47. The molecule has 1 amide bonds. The van der Waals surface area contributed by atoms with E-state index in [2.05, 4.69) is 0 Å². The molecule has 3 aromatic rings. The Morgan fingerprint density at radius 3 is 2.32 bits per heavy atom. The van der Waals surface area contributed by atoms with Crippen LogP contribution in [0, 0.1) is 0 Å². The summed E-state index contributed by atoms with van der Waals surface area (Å²) in [6.07, 6.45) is 2.50. The molecule has 7 nitrogen and oxygen atoms in total. The Balaban J connectivity index is 1.68. The van der Waals surface area contributed by atoms with E-state index in [9.17, 15) is 21.6 Å². The van der Waals surface area contributed by atoms with Crippen molar-refractivity contribution in [2.24, 2.45) is 0 Å². The second-order valence-corrected chi connectivity index (χ2v) is 12.0. The number of hydrogen-bond acceptors (Lipinski definition) is 5. The summed E-state index contributed by atoms with van der Waals surface area (Å²) in [5, 5.41) is 0. The largest absolute Gasteiger partial charge is 0.308 e. The maximum Gasteiger partial charge on any atom is 0.264 e. The van der Waals surface area contributed by atoms with Gasteiger partial charge in [0.1, 0.15) is 0 Å². The first-order chi connectivity index (χ1) is 16.1. The van der Waals surface area contributed by atoms with Gasteiger partial charge >= 0.3 is 0 Å². The number of anilines is 2. The van der Waals surface area contributed by atoms with Gasteiger partial charge in [-0.25, -0.2) is 16.8 Å².